The Balaban J connectivity index is 2.62. The van der Waals surface area contributed by atoms with Gasteiger partial charge in [0.25, 0.3) is 14.2 Å². The Morgan fingerprint density at radius 1 is 1.37 bits per heavy atom. The highest BCUT2D eigenvalue weighted by Gasteiger charge is 2.22. The SMILES string of the molecule is CCCn1c(-c2cccc(F)c2)nnc1S(=O)(=O)Cl. The Morgan fingerprint density at radius 2 is 2.11 bits per heavy atom. The largest absolute Gasteiger partial charge is 0.297 e. The second kappa shape index (κ2) is 5.26. The van der Waals surface area contributed by atoms with Gasteiger partial charge in [-0.25, -0.2) is 12.8 Å². The zero-order chi connectivity index (χ0) is 14.0. The van der Waals surface area contributed by atoms with Crippen molar-refractivity contribution in [2.24, 2.45) is 0 Å². The monoisotopic (exact) mass is 303 g/mol. The second-order valence-electron chi connectivity index (χ2n) is 3.91. The lowest BCUT2D eigenvalue weighted by atomic mass is 10.2. The Kier molecular flexibility index (Phi) is 3.86. The number of aromatic nitrogens is 3. The Bertz CT molecular complexity index is 700. The molecule has 2 aromatic rings. The summed E-state index contributed by atoms with van der Waals surface area (Å²) in [5.41, 5.74) is 0.451. The first kappa shape index (κ1) is 14.0. The molecule has 0 fully saturated rings. The van der Waals surface area contributed by atoms with Crippen molar-refractivity contribution in [1.82, 2.24) is 14.8 Å². The molecule has 5 nitrogen and oxygen atoms in total. The molecule has 0 saturated carbocycles. The van der Waals surface area contributed by atoms with E-state index in [1.165, 1.54) is 22.8 Å². The maximum atomic E-state index is 13.2. The molecular weight excluding hydrogens is 293 g/mol. The topological polar surface area (TPSA) is 64.8 Å². The molecule has 2 rings (SSSR count). The van der Waals surface area contributed by atoms with Gasteiger partial charge in [-0.3, -0.25) is 4.57 Å². The van der Waals surface area contributed by atoms with Crippen LogP contribution in [-0.4, -0.2) is 23.2 Å². The van der Waals surface area contributed by atoms with E-state index in [4.69, 9.17) is 10.7 Å². The van der Waals surface area contributed by atoms with E-state index in [1.54, 1.807) is 6.07 Å². The number of nitrogens with zero attached hydrogens (tertiary/aromatic N) is 3. The van der Waals surface area contributed by atoms with E-state index in [9.17, 15) is 12.8 Å². The molecule has 0 bridgehead atoms. The van der Waals surface area contributed by atoms with Crippen LogP contribution in [0.3, 0.4) is 0 Å². The van der Waals surface area contributed by atoms with Crippen LogP contribution < -0.4 is 0 Å². The van der Waals surface area contributed by atoms with Crippen molar-refractivity contribution in [2.45, 2.75) is 25.0 Å². The van der Waals surface area contributed by atoms with Crippen molar-refractivity contribution >= 4 is 19.7 Å². The summed E-state index contributed by atoms with van der Waals surface area (Å²) in [6.45, 7) is 2.25. The van der Waals surface area contributed by atoms with E-state index in [-0.39, 0.29) is 11.0 Å². The maximum Gasteiger partial charge on any atom is 0.296 e. The molecule has 0 aliphatic rings. The zero-order valence-corrected chi connectivity index (χ0v) is 11.6. The average molecular weight is 304 g/mol. The fourth-order valence-electron chi connectivity index (χ4n) is 1.74. The molecule has 0 aliphatic carbocycles. The van der Waals surface area contributed by atoms with Crippen LogP contribution in [-0.2, 0) is 15.6 Å². The van der Waals surface area contributed by atoms with Crippen molar-refractivity contribution < 1.29 is 12.8 Å². The number of rotatable bonds is 4. The van der Waals surface area contributed by atoms with Crippen LogP contribution >= 0.6 is 10.7 Å². The summed E-state index contributed by atoms with van der Waals surface area (Å²) in [5, 5.41) is 7.05. The van der Waals surface area contributed by atoms with Gasteiger partial charge >= 0.3 is 0 Å². The normalized spacial score (nSPS) is 11.7. The first-order valence-corrected chi connectivity index (χ1v) is 7.88. The van der Waals surface area contributed by atoms with E-state index in [0.717, 1.165) is 0 Å². The second-order valence-corrected chi connectivity index (χ2v) is 6.37. The summed E-state index contributed by atoms with van der Waals surface area (Å²) in [6.07, 6.45) is 0.666. The first-order valence-electron chi connectivity index (χ1n) is 5.57. The number of halogens is 2. The molecule has 0 radical (unpaired) electrons. The Hall–Kier alpha value is -1.47. The van der Waals surface area contributed by atoms with Gasteiger partial charge in [-0.15, -0.1) is 10.2 Å². The average Bonchev–Trinajstić information content (AvgIpc) is 2.73. The molecule has 0 unspecified atom stereocenters. The number of benzene rings is 1. The third-order valence-corrected chi connectivity index (χ3v) is 3.62. The minimum atomic E-state index is -3.99. The Labute approximate surface area is 114 Å². The van der Waals surface area contributed by atoms with Gasteiger partial charge in [-0.2, -0.15) is 0 Å². The molecule has 19 heavy (non-hydrogen) atoms. The van der Waals surface area contributed by atoms with Gasteiger partial charge in [0.15, 0.2) is 5.82 Å². The molecule has 102 valence electrons. The molecule has 0 saturated heterocycles. The van der Waals surface area contributed by atoms with E-state index in [1.807, 2.05) is 6.92 Å². The highest BCUT2D eigenvalue weighted by Crippen LogP contribution is 2.23. The molecule has 1 aromatic carbocycles. The molecule has 0 atom stereocenters. The van der Waals surface area contributed by atoms with Crippen LogP contribution in [0.5, 0.6) is 0 Å². The van der Waals surface area contributed by atoms with Gasteiger partial charge in [0.05, 0.1) is 0 Å². The highest BCUT2D eigenvalue weighted by molar-refractivity contribution is 8.13. The lowest BCUT2D eigenvalue weighted by molar-refractivity contribution is 0.569. The zero-order valence-electron chi connectivity index (χ0n) is 10.0. The maximum absolute atomic E-state index is 13.2. The molecule has 0 aliphatic heterocycles. The minimum Gasteiger partial charge on any atom is -0.297 e. The van der Waals surface area contributed by atoms with Gasteiger partial charge in [-0.05, 0) is 18.6 Å². The predicted molar refractivity (Wildman–Crippen MR) is 68.7 cm³/mol. The van der Waals surface area contributed by atoms with Crippen molar-refractivity contribution in [3.63, 3.8) is 0 Å². The summed E-state index contributed by atoms with van der Waals surface area (Å²) >= 11 is 0. The van der Waals surface area contributed by atoms with Crippen LogP contribution in [0, 0.1) is 5.82 Å². The summed E-state index contributed by atoms with van der Waals surface area (Å²) in [5.74, 6) is -0.153. The molecule has 8 heteroatoms. The lowest BCUT2D eigenvalue weighted by Crippen LogP contribution is -2.07. The number of hydrogen-bond acceptors (Lipinski definition) is 4. The van der Waals surface area contributed by atoms with Crippen LogP contribution in [0.1, 0.15) is 13.3 Å². The van der Waals surface area contributed by atoms with Gasteiger partial charge in [0.1, 0.15) is 5.82 Å². The number of hydrogen-bond donors (Lipinski definition) is 0. The summed E-state index contributed by atoms with van der Waals surface area (Å²) in [6, 6.07) is 5.71. The standard InChI is InChI=1S/C11H11ClFN3O2S/c1-2-6-16-10(8-4-3-5-9(13)7-8)14-15-11(16)19(12,17)18/h3-5,7H,2,6H2,1H3. The molecule has 0 amide bonds. The van der Waals surface area contributed by atoms with Crippen LogP contribution in [0.15, 0.2) is 29.4 Å². The fraction of sp³-hybridized carbons (Fsp3) is 0.273. The summed E-state index contributed by atoms with van der Waals surface area (Å²) in [4.78, 5) is 0. The van der Waals surface area contributed by atoms with Crippen LogP contribution in [0.25, 0.3) is 11.4 Å². The molecular formula is C11H11ClFN3O2S. The molecule has 1 aromatic heterocycles. The highest BCUT2D eigenvalue weighted by atomic mass is 35.7. The van der Waals surface area contributed by atoms with E-state index in [0.29, 0.717) is 18.5 Å². The van der Waals surface area contributed by atoms with Gasteiger partial charge in [0, 0.05) is 22.8 Å². The molecule has 0 spiro atoms. The van der Waals surface area contributed by atoms with Gasteiger partial charge in [0.2, 0.25) is 0 Å². The van der Waals surface area contributed by atoms with E-state index < -0.39 is 14.9 Å². The third kappa shape index (κ3) is 2.93. The van der Waals surface area contributed by atoms with Crippen molar-refractivity contribution in [3.8, 4) is 11.4 Å². The summed E-state index contributed by atoms with van der Waals surface area (Å²) < 4.78 is 37.4. The molecule has 1 heterocycles. The van der Waals surface area contributed by atoms with Crippen molar-refractivity contribution in [3.05, 3.63) is 30.1 Å². The van der Waals surface area contributed by atoms with Crippen LogP contribution in [0.4, 0.5) is 4.39 Å². The molecule has 0 N–H and O–H groups in total. The minimum absolute atomic E-state index is 0.278. The van der Waals surface area contributed by atoms with E-state index >= 15 is 0 Å². The Morgan fingerprint density at radius 3 is 2.68 bits per heavy atom. The third-order valence-electron chi connectivity index (χ3n) is 2.46. The van der Waals surface area contributed by atoms with Gasteiger partial charge < -0.3 is 0 Å². The van der Waals surface area contributed by atoms with Crippen molar-refractivity contribution in [2.75, 3.05) is 0 Å². The van der Waals surface area contributed by atoms with Crippen LogP contribution in [0.2, 0.25) is 0 Å². The van der Waals surface area contributed by atoms with Crippen molar-refractivity contribution in [1.29, 1.82) is 0 Å². The van der Waals surface area contributed by atoms with Gasteiger partial charge in [-0.1, -0.05) is 19.1 Å². The smallest absolute Gasteiger partial charge is 0.296 e. The fourth-order valence-corrected chi connectivity index (χ4v) is 2.66. The summed E-state index contributed by atoms with van der Waals surface area (Å²) in [7, 11) is 1.32. The quantitative estimate of drug-likeness (QED) is 0.814. The predicted octanol–water partition coefficient (Wildman–Crippen LogP) is 2.42. The first-order chi connectivity index (χ1) is 8.93. The van der Waals surface area contributed by atoms with E-state index in [2.05, 4.69) is 10.2 Å². The lowest BCUT2D eigenvalue weighted by Gasteiger charge is -2.07.